The summed E-state index contributed by atoms with van der Waals surface area (Å²) in [6.45, 7) is 14.1. The number of esters is 4. The number of aliphatic hydroxyl groups is 1. The molecule has 0 heterocycles. The molecule has 0 aromatic heterocycles. The summed E-state index contributed by atoms with van der Waals surface area (Å²) in [4.78, 5) is 72.6. The molecule has 0 amide bonds. The van der Waals surface area contributed by atoms with E-state index < -0.39 is 97.5 Å². The van der Waals surface area contributed by atoms with Crippen molar-refractivity contribution in [3.63, 3.8) is 0 Å². The zero-order chi connectivity index (χ0) is 66.8. The highest BCUT2D eigenvalue weighted by molar-refractivity contribution is 7.47. The number of hydrogen-bond donors (Lipinski definition) is 3. The minimum Gasteiger partial charge on any atom is -0.462 e. The van der Waals surface area contributed by atoms with E-state index in [1.54, 1.807) is 0 Å². The van der Waals surface area contributed by atoms with Crippen LogP contribution in [0.25, 0.3) is 0 Å². The van der Waals surface area contributed by atoms with Crippen molar-refractivity contribution in [2.75, 3.05) is 39.6 Å². The summed E-state index contributed by atoms with van der Waals surface area (Å²) in [7, 11) is -9.90. The molecule has 19 heteroatoms. The third-order valence-corrected chi connectivity index (χ3v) is 18.6. The SMILES string of the molecule is CCC(C)CCCCCCCCC(=O)OC[C@H](COP(=O)(O)OC[C@H](O)COP(=O)(O)OC[C@@H](COC(=O)CCCCCCCCCC(C)C)OC(=O)CCCCCCCCCCCCCC(C)C)OC(=O)CCCCCCCCCCCCCCCC(C)C. The molecule has 0 aliphatic carbocycles. The van der Waals surface area contributed by atoms with Crippen LogP contribution in [0.3, 0.4) is 0 Å². The second kappa shape index (κ2) is 60.7. The van der Waals surface area contributed by atoms with Crippen molar-refractivity contribution in [2.45, 2.75) is 369 Å². The Morgan fingerprint density at radius 3 is 0.789 bits per heavy atom. The molecule has 0 aromatic carbocycles. The number of rotatable bonds is 68. The maximum Gasteiger partial charge on any atom is 0.472 e. The molecule has 0 rings (SSSR count). The van der Waals surface area contributed by atoms with Gasteiger partial charge in [0.25, 0.3) is 0 Å². The second-order valence-corrected chi connectivity index (χ2v) is 30.2. The molecule has 17 nitrogen and oxygen atoms in total. The first-order valence-corrected chi connectivity index (χ1v) is 39.7. The Kier molecular flexibility index (Phi) is 59.4. The third kappa shape index (κ3) is 63.5. The molecule has 0 saturated heterocycles. The van der Waals surface area contributed by atoms with Gasteiger partial charge in [0.1, 0.15) is 19.3 Å². The van der Waals surface area contributed by atoms with Crippen LogP contribution in [0.4, 0.5) is 0 Å². The highest BCUT2D eigenvalue weighted by Gasteiger charge is 2.30. The van der Waals surface area contributed by atoms with E-state index in [9.17, 15) is 43.2 Å². The van der Waals surface area contributed by atoms with Gasteiger partial charge in [-0.3, -0.25) is 37.3 Å². The van der Waals surface area contributed by atoms with Crippen LogP contribution in [0.5, 0.6) is 0 Å². The summed E-state index contributed by atoms with van der Waals surface area (Å²) in [5, 5.41) is 10.6. The molecule has 0 radical (unpaired) electrons. The van der Waals surface area contributed by atoms with Gasteiger partial charge in [-0.2, -0.15) is 0 Å². The summed E-state index contributed by atoms with van der Waals surface area (Å²) >= 11 is 0. The number of unbranched alkanes of at least 4 members (excludes halogenated alkanes) is 33. The number of phosphoric ester groups is 2. The van der Waals surface area contributed by atoms with Crippen LogP contribution in [0, 0.1) is 23.7 Å². The summed E-state index contributed by atoms with van der Waals surface area (Å²) < 4.78 is 68.3. The van der Waals surface area contributed by atoms with Crippen molar-refractivity contribution >= 4 is 39.5 Å². The van der Waals surface area contributed by atoms with E-state index in [1.807, 2.05) is 0 Å². The lowest BCUT2D eigenvalue weighted by atomic mass is 10.00. The molecule has 6 atom stereocenters. The van der Waals surface area contributed by atoms with Crippen molar-refractivity contribution in [3.8, 4) is 0 Å². The number of aliphatic hydroxyl groups excluding tert-OH is 1. The number of carbonyl (C=O) groups excluding carboxylic acids is 4. The Morgan fingerprint density at radius 2 is 0.533 bits per heavy atom. The van der Waals surface area contributed by atoms with Gasteiger partial charge in [0.2, 0.25) is 0 Å². The van der Waals surface area contributed by atoms with Gasteiger partial charge in [-0.05, 0) is 49.4 Å². The summed E-state index contributed by atoms with van der Waals surface area (Å²) in [5.41, 5.74) is 0. The van der Waals surface area contributed by atoms with Crippen molar-refractivity contribution < 1.29 is 80.2 Å². The highest BCUT2D eigenvalue weighted by atomic mass is 31.2. The van der Waals surface area contributed by atoms with Crippen LogP contribution in [0.1, 0.15) is 351 Å². The fraction of sp³-hybridized carbons (Fsp3) is 0.944. The average molecular weight is 1330 g/mol. The lowest BCUT2D eigenvalue weighted by Gasteiger charge is -2.21. The molecule has 0 aliphatic rings. The van der Waals surface area contributed by atoms with Crippen LogP contribution >= 0.6 is 15.6 Å². The van der Waals surface area contributed by atoms with E-state index >= 15 is 0 Å². The van der Waals surface area contributed by atoms with Gasteiger partial charge in [-0.15, -0.1) is 0 Å². The summed E-state index contributed by atoms with van der Waals surface area (Å²) in [6, 6.07) is 0. The van der Waals surface area contributed by atoms with Crippen LogP contribution in [0.15, 0.2) is 0 Å². The maximum atomic E-state index is 13.0. The van der Waals surface area contributed by atoms with Gasteiger partial charge in [0.15, 0.2) is 12.2 Å². The number of carbonyl (C=O) groups is 4. The minimum absolute atomic E-state index is 0.105. The Labute approximate surface area is 549 Å². The fourth-order valence-corrected chi connectivity index (χ4v) is 12.2. The van der Waals surface area contributed by atoms with Gasteiger partial charge in [0, 0.05) is 25.7 Å². The molecule has 90 heavy (non-hydrogen) atoms. The molecule has 0 saturated carbocycles. The molecular weight excluding hydrogens is 1190 g/mol. The monoisotopic (exact) mass is 1320 g/mol. The number of hydrogen-bond acceptors (Lipinski definition) is 15. The second-order valence-electron chi connectivity index (χ2n) is 27.3. The van der Waals surface area contributed by atoms with Gasteiger partial charge in [0.05, 0.1) is 26.4 Å². The lowest BCUT2D eigenvalue weighted by Crippen LogP contribution is -2.30. The fourth-order valence-electron chi connectivity index (χ4n) is 10.6. The smallest absolute Gasteiger partial charge is 0.462 e. The van der Waals surface area contributed by atoms with E-state index in [2.05, 4.69) is 55.4 Å². The van der Waals surface area contributed by atoms with Crippen LogP contribution in [0.2, 0.25) is 0 Å². The molecule has 3 N–H and O–H groups in total. The molecule has 534 valence electrons. The molecule has 3 unspecified atom stereocenters. The van der Waals surface area contributed by atoms with Crippen molar-refractivity contribution in [1.29, 1.82) is 0 Å². The Balaban J connectivity index is 5.24. The van der Waals surface area contributed by atoms with E-state index in [0.717, 1.165) is 120 Å². The highest BCUT2D eigenvalue weighted by Crippen LogP contribution is 2.45. The first kappa shape index (κ1) is 88.1. The van der Waals surface area contributed by atoms with Crippen LogP contribution in [-0.2, 0) is 65.4 Å². The Morgan fingerprint density at radius 1 is 0.311 bits per heavy atom. The summed E-state index contributed by atoms with van der Waals surface area (Å²) in [5.74, 6) is 0.858. The van der Waals surface area contributed by atoms with Crippen molar-refractivity contribution in [1.82, 2.24) is 0 Å². The van der Waals surface area contributed by atoms with E-state index in [0.29, 0.717) is 31.6 Å². The van der Waals surface area contributed by atoms with Gasteiger partial charge in [-0.25, -0.2) is 9.13 Å². The normalized spacial score (nSPS) is 14.6. The standard InChI is InChI=1S/C71H138O17P2/c1-9-64(8)50-42-34-29-30-36-44-52-69(74)82-58-67(88-70(75)53-45-37-26-20-16-12-10-11-14-18-23-31-39-47-61(2)3)60-86-90(79,80)84-56-65(72)55-83-89(77,78)85-59-66(57-81-68(73)51-43-35-28-22-25-33-41-49-63(6)7)87-71(76)54-46-38-27-21-17-13-15-19-24-32-40-48-62(4)5/h61-67,72H,9-60H2,1-8H3,(H,77,78)(H,79,80)/t64?,65-,66-,67-/m1/s1. The molecule has 0 spiro atoms. The molecule has 0 aromatic rings. The van der Waals surface area contributed by atoms with Gasteiger partial charge < -0.3 is 33.8 Å². The van der Waals surface area contributed by atoms with E-state index in [1.165, 1.54) is 141 Å². The molecule has 0 fully saturated rings. The quantitative estimate of drug-likeness (QED) is 0.0222. The zero-order valence-corrected chi connectivity index (χ0v) is 60.6. The van der Waals surface area contributed by atoms with E-state index in [-0.39, 0.29) is 25.7 Å². The predicted molar refractivity (Wildman–Crippen MR) is 363 cm³/mol. The van der Waals surface area contributed by atoms with Gasteiger partial charge in [-0.1, -0.05) is 299 Å². The molecule has 0 bridgehead atoms. The first-order valence-electron chi connectivity index (χ1n) is 36.7. The largest absolute Gasteiger partial charge is 0.472 e. The zero-order valence-electron chi connectivity index (χ0n) is 58.8. The average Bonchev–Trinajstić information content (AvgIpc) is 3.24. The predicted octanol–water partition coefficient (Wildman–Crippen LogP) is 20.1. The summed E-state index contributed by atoms with van der Waals surface area (Å²) in [6.07, 6.45) is 43.1. The van der Waals surface area contributed by atoms with Crippen LogP contribution < -0.4 is 0 Å². The molecular formula is C71H138O17P2. The Hall–Kier alpha value is -1.94. The minimum atomic E-state index is -4.95. The number of phosphoric acid groups is 2. The van der Waals surface area contributed by atoms with E-state index in [4.69, 9.17) is 37.0 Å². The molecule has 0 aliphatic heterocycles. The van der Waals surface area contributed by atoms with Gasteiger partial charge >= 0.3 is 39.5 Å². The Bertz CT molecular complexity index is 1780. The topological polar surface area (TPSA) is 237 Å². The maximum absolute atomic E-state index is 13.0. The first-order chi connectivity index (χ1) is 43.1. The van der Waals surface area contributed by atoms with Crippen molar-refractivity contribution in [2.24, 2.45) is 23.7 Å². The lowest BCUT2D eigenvalue weighted by molar-refractivity contribution is -0.161. The number of ether oxygens (including phenoxy) is 4. The third-order valence-electron chi connectivity index (χ3n) is 16.7. The van der Waals surface area contributed by atoms with Crippen LogP contribution in [-0.4, -0.2) is 96.7 Å². The van der Waals surface area contributed by atoms with Crippen molar-refractivity contribution in [3.05, 3.63) is 0 Å².